The number of rotatable bonds is 5. The highest BCUT2D eigenvalue weighted by Crippen LogP contribution is 2.24. The molecule has 1 amide bonds. The summed E-state index contributed by atoms with van der Waals surface area (Å²) in [7, 11) is 1.30. The number of fused-ring (bicyclic) bond motifs is 1. The molecule has 2 rings (SSSR count). The third kappa shape index (κ3) is 4.48. The number of allylic oxidation sites excluding steroid dienone is 3. The molecule has 1 aliphatic rings. The van der Waals surface area contributed by atoms with Gasteiger partial charge in [0.05, 0.1) is 7.11 Å². The summed E-state index contributed by atoms with van der Waals surface area (Å²) in [5.74, 6) is 0.150. The zero-order valence-electron chi connectivity index (χ0n) is 13.4. The fourth-order valence-corrected chi connectivity index (χ4v) is 2.58. The van der Waals surface area contributed by atoms with Crippen molar-refractivity contribution in [1.82, 2.24) is 5.32 Å². The van der Waals surface area contributed by atoms with Crippen LogP contribution in [-0.4, -0.2) is 25.0 Å². The van der Waals surface area contributed by atoms with Gasteiger partial charge >= 0.3 is 5.97 Å². The minimum atomic E-state index is -0.698. The summed E-state index contributed by atoms with van der Waals surface area (Å²) in [6, 6.07) is 0.931. The van der Waals surface area contributed by atoms with Crippen LogP contribution in [0.15, 0.2) is 27.7 Å². The van der Waals surface area contributed by atoms with E-state index in [0.717, 1.165) is 5.56 Å². The van der Waals surface area contributed by atoms with Crippen molar-refractivity contribution < 1.29 is 18.7 Å². The van der Waals surface area contributed by atoms with Crippen LogP contribution < -0.4 is 5.32 Å². The maximum absolute atomic E-state index is 12.4. The van der Waals surface area contributed by atoms with Crippen LogP contribution in [0.2, 0.25) is 0 Å². The topological polar surface area (TPSA) is 68.5 Å². The van der Waals surface area contributed by atoms with Crippen molar-refractivity contribution in [1.29, 1.82) is 0 Å². The first kappa shape index (κ1) is 17.3. The van der Waals surface area contributed by atoms with E-state index in [1.807, 2.05) is 19.9 Å². The first-order valence-electron chi connectivity index (χ1n) is 7.45. The standard InChI is InChI=1S/C17H20ClNO4/c1-10(2)7-13(17(21)22-3)19-16(20)15-9-11-8-12(18)5-4-6-14(11)23-15/h4-5,8-10,13H,6-7H2,1-3H3,(H,19,20). The number of halogens is 1. The second-order valence-electron chi connectivity index (χ2n) is 5.80. The van der Waals surface area contributed by atoms with Gasteiger partial charge in [-0.2, -0.15) is 0 Å². The Kier molecular flexibility index (Phi) is 5.66. The molecule has 0 aromatic carbocycles. The molecule has 124 valence electrons. The van der Waals surface area contributed by atoms with E-state index in [-0.39, 0.29) is 11.7 Å². The Morgan fingerprint density at radius 1 is 1.43 bits per heavy atom. The van der Waals surface area contributed by atoms with Crippen molar-refractivity contribution in [2.45, 2.75) is 32.7 Å². The third-order valence-electron chi connectivity index (χ3n) is 3.44. The number of carbonyl (C=O) groups is 2. The smallest absolute Gasteiger partial charge is 0.328 e. The summed E-state index contributed by atoms with van der Waals surface area (Å²) in [6.07, 6.45) is 6.44. The molecule has 0 fully saturated rings. The van der Waals surface area contributed by atoms with Gasteiger partial charge in [0.25, 0.3) is 5.91 Å². The zero-order valence-corrected chi connectivity index (χ0v) is 14.1. The van der Waals surface area contributed by atoms with E-state index in [1.54, 1.807) is 18.2 Å². The molecule has 6 heteroatoms. The summed E-state index contributed by atoms with van der Waals surface area (Å²) in [5.41, 5.74) is 0.767. The molecule has 0 saturated heterocycles. The Hall–Kier alpha value is -2.01. The Morgan fingerprint density at radius 2 is 2.17 bits per heavy atom. The highest BCUT2D eigenvalue weighted by molar-refractivity contribution is 6.33. The van der Waals surface area contributed by atoms with Crippen LogP contribution in [0.3, 0.4) is 0 Å². The average Bonchev–Trinajstić information content (AvgIpc) is 2.80. The van der Waals surface area contributed by atoms with Gasteiger partial charge in [0.1, 0.15) is 11.8 Å². The summed E-state index contributed by atoms with van der Waals surface area (Å²) in [5, 5.41) is 3.25. The van der Waals surface area contributed by atoms with Crippen LogP contribution >= 0.6 is 11.6 Å². The van der Waals surface area contributed by atoms with Crippen molar-refractivity contribution >= 4 is 29.6 Å². The number of amides is 1. The van der Waals surface area contributed by atoms with Gasteiger partial charge in [0.2, 0.25) is 0 Å². The van der Waals surface area contributed by atoms with E-state index in [4.69, 9.17) is 20.8 Å². The van der Waals surface area contributed by atoms with Gasteiger partial charge in [-0.15, -0.1) is 0 Å². The molecule has 5 nitrogen and oxygen atoms in total. The second kappa shape index (κ2) is 7.51. The number of ether oxygens (including phenoxy) is 1. The van der Waals surface area contributed by atoms with E-state index >= 15 is 0 Å². The Bertz CT molecular complexity index is 658. The molecule has 0 bridgehead atoms. The fraction of sp³-hybridized carbons (Fsp3) is 0.412. The van der Waals surface area contributed by atoms with Crippen LogP contribution in [0.25, 0.3) is 6.08 Å². The number of hydrogen-bond acceptors (Lipinski definition) is 4. The van der Waals surface area contributed by atoms with Gasteiger partial charge in [-0.25, -0.2) is 4.79 Å². The van der Waals surface area contributed by atoms with E-state index in [1.165, 1.54) is 7.11 Å². The number of hydrogen-bond donors (Lipinski definition) is 1. The minimum absolute atomic E-state index is 0.156. The molecule has 0 aliphatic heterocycles. The van der Waals surface area contributed by atoms with Crippen molar-refractivity contribution in [3.05, 3.63) is 40.3 Å². The molecule has 23 heavy (non-hydrogen) atoms. The molecule has 1 aromatic rings. The fourth-order valence-electron chi connectivity index (χ4n) is 2.37. The van der Waals surface area contributed by atoms with E-state index in [2.05, 4.69) is 5.32 Å². The molecule has 0 radical (unpaired) electrons. The van der Waals surface area contributed by atoms with Gasteiger partial charge in [-0.1, -0.05) is 31.5 Å². The summed E-state index contributed by atoms with van der Waals surface area (Å²) in [4.78, 5) is 24.2. The second-order valence-corrected chi connectivity index (χ2v) is 6.24. The average molecular weight is 338 g/mol. The summed E-state index contributed by atoms with van der Waals surface area (Å²) < 4.78 is 10.3. The Balaban J connectivity index is 2.16. The van der Waals surface area contributed by atoms with Crippen LogP contribution in [-0.2, 0) is 16.0 Å². The van der Waals surface area contributed by atoms with Gasteiger partial charge in [-0.05, 0) is 30.6 Å². The molecule has 0 spiro atoms. The summed E-state index contributed by atoms with van der Waals surface area (Å²) in [6.45, 7) is 3.94. The SMILES string of the molecule is COC(=O)C(CC(C)C)NC(=O)c1cc2c(o1)CC=CC(Cl)=C2. The lowest BCUT2D eigenvalue weighted by molar-refractivity contribution is -0.143. The highest BCUT2D eigenvalue weighted by atomic mass is 35.5. The first-order chi connectivity index (χ1) is 10.9. The predicted octanol–water partition coefficient (Wildman–Crippen LogP) is 3.29. The maximum atomic E-state index is 12.4. The lowest BCUT2D eigenvalue weighted by atomic mass is 10.0. The first-order valence-corrected chi connectivity index (χ1v) is 7.83. The quantitative estimate of drug-likeness (QED) is 0.837. The number of methoxy groups -OCH3 is 1. The van der Waals surface area contributed by atoms with Crippen molar-refractivity contribution in [2.24, 2.45) is 5.92 Å². The van der Waals surface area contributed by atoms with Gasteiger partial charge in [0.15, 0.2) is 5.76 Å². The molecule has 1 unspecified atom stereocenters. The van der Waals surface area contributed by atoms with E-state index in [9.17, 15) is 9.59 Å². The van der Waals surface area contributed by atoms with Crippen LogP contribution in [0, 0.1) is 5.92 Å². The van der Waals surface area contributed by atoms with Crippen molar-refractivity contribution in [2.75, 3.05) is 7.11 Å². The van der Waals surface area contributed by atoms with E-state index in [0.29, 0.717) is 23.6 Å². The lowest BCUT2D eigenvalue weighted by Crippen LogP contribution is -2.42. The highest BCUT2D eigenvalue weighted by Gasteiger charge is 2.25. The Morgan fingerprint density at radius 3 is 2.83 bits per heavy atom. The predicted molar refractivity (Wildman–Crippen MR) is 88.1 cm³/mol. The van der Waals surface area contributed by atoms with Crippen molar-refractivity contribution in [3.63, 3.8) is 0 Å². The van der Waals surface area contributed by atoms with Crippen LogP contribution in [0.4, 0.5) is 0 Å². The number of carbonyl (C=O) groups excluding carboxylic acids is 2. The molecule has 1 aromatic heterocycles. The van der Waals surface area contributed by atoms with Gasteiger partial charge in [-0.3, -0.25) is 4.79 Å². The van der Waals surface area contributed by atoms with E-state index < -0.39 is 17.9 Å². The van der Waals surface area contributed by atoms with Gasteiger partial charge < -0.3 is 14.5 Å². The normalized spacial score (nSPS) is 14.7. The molecule has 1 N–H and O–H groups in total. The molecule has 0 saturated carbocycles. The molecule has 1 atom stereocenters. The molecule has 1 heterocycles. The summed E-state index contributed by atoms with van der Waals surface area (Å²) >= 11 is 6.01. The molecule has 1 aliphatic carbocycles. The molecular formula is C17H20ClNO4. The number of esters is 1. The number of nitrogens with one attached hydrogen (secondary N) is 1. The third-order valence-corrected chi connectivity index (χ3v) is 3.67. The van der Waals surface area contributed by atoms with Gasteiger partial charge in [0, 0.05) is 17.0 Å². The zero-order chi connectivity index (χ0) is 17.0. The minimum Gasteiger partial charge on any atom is -0.467 e. The largest absolute Gasteiger partial charge is 0.467 e. The van der Waals surface area contributed by atoms with Crippen LogP contribution in [0.5, 0.6) is 0 Å². The lowest BCUT2D eigenvalue weighted by Gasteiger charge is -2.17. The Labute approximate surface area is 140 Å². The van der Waals surface area contributed by atoms with Crippen LogP contribution in [0.1, 0.15) is 42.1 Å². The van der Waals surface area contributed by atoms with Crippen molar-refractivity contribution in [3.8, 4) is 0 Å². The number of furan rings is 1. The maximum Gasteiger partial charge on any atom is 0.328 e. The monoisotopic (exact) mass is 337 g/mol. The molecular weight excluding hydrogens is 318 g/mol.